The quantitative estimate of drug-likeness (QED) is 0.627. The summed E-state index contributed by atoms with van der Waals surface area (Å²) in [6, 6.07) is 13.3. The van der Waals surface area contributed by atoms with Crippen molar-refractivity contribution in [2.75, 3.05) is 7.11 Å². The average molecular weight is 355 g/mol. The average Bonchev–Trinajstić information content (AvgIpc) is 2.88. The normalized spacial score (nSPS) is 20.6. The minimum atomic E-state index is -0.250. The minimum absolute atomic E-state index is 0.0533. The van der Waals surface area contributed by atoms with E-state index < -0.39 is 0 Å². The van der Waals surface area contributed by atoms with Gasteiger partial charge in [0, 0.05) is 6.04 Å². The van der Waals surface area contributed by atoms with E-state index in [0.717, 1.165) is 18.4 Å². The molecule has 0 atom stereocenters. The van der Waals surface area contributed by atoms with Crippen LogP contribution in [0.15, 0.2) is 48.5 Å². The number of halogens is 1. The summed E-state index contributed by atoms with van der Waals surface area (Å²) in [5, 5.41) is 0. The number of nitrogens with zero attached hydrogens (tertiary/aromatic N) is 1. The number of hydrogen-bond acceptors (Lipinski definition) is 4. The smallest absolute Gasteiger partial charge is 0.292 e. The Hall–Kier alpha value is -3.02. The molecule has 134 valence electrons. The molecule has 2 aliphatic rings. The fourth-order valence-electron chi connectivity index (χ4n) is 3.35. The van der Waals surface area contributed by atoms with Crippen molar-refractivity contribution in [3.8, 4) is 0 Å². The predicted molar refractivity (Wildman–Crippen MR) is 92.2 cm³/mol. The van der Waals surface area contributed by atoms with Gasteiger partial charge in [-0.2, -0.15) is 0 Å². The maximum absolute atomic E-state index is 13.0. The Balaban J connectivity index is 0.000000447. The third kappa shape index (κ3) is 3.22. The summed E-state index contributed by atoms with van der Waals surface area (Å²) in [6.07, 6.45) is 1.49. The summed E-state index contributed by atoms with van der Waals surface area (Å²) in [5.74, 6) is -0.346. The Kier molecular flexibility index (Phi) is 5.11. The van der Waals surface area contributed by atoms with E-state index in [-0.39, 0.29) is 29.6 Å². The van der Waals surface area contributed by atoms with Crippen molar-refractivity contribution in [1.29, 1.82) is 0 Å². The number of fused-ring (bicyclic) bond motifs is 1. The first-order valence-electron chi connectivity index (χ1n) is 8.25. The van der Waals surface area contributed by atoms with Crippen molar-refractivity contribution in [1.82, 2.24) is 4.90 Å². The molecule has 26 heavy (non-hydrogen) atoms. The molecule has 0 aromatic heterocycles. The van der Waals surface area contributed by atoms with Crippen molar-refractivity contribution >= 4 is 18.3 Å². The first-order chi connectivity index (χ1) is 12.6. The van der Waals surface area contributed by atoms with E-state index in [2.05, 4.69) is 4.74 Å². The van der Waals surface area contributed by atoms with Crippen LogP contribution in [0.25, 0.3) is 0 Å². The largest absolute Gasteiger partial charge is 0.471 e. The minimum Gasteiger partial charge on any atom is -0.471 e. The molecule has 1 heterocycles. The standard InChI is InChI=1S/C18H14FNO2.C2H4O2/c19-13-7-5-11(6-8-13)12-9-14(10-12)20-17(21)15-3-1-2-4-16(15)18(20)22;1-4-2-3/h1-8,12,14H,9-10H2;2H,1H3/t12-,14-;. The molecule has 6 heteroatoms. The van der Waals surface area contributed by atoms with E-state index in [1.165, 1.54) is 24.1 Å². The molecule has 1 saturated carbocycles. The van der Waals surface area contributed by atoms with Crippen LogP contribution in [-0.2, 0) is 9.53 Å². The number of methoxy groups -OCH3 is 1. The second-order valence-corrected chi connectivity index (χ2v) is 6.23. The number of rotatable bonds is 3. The van der Waals surface area contributed by atoms with Crippen LogP contribution in [0.5, 0.6) is 0 Å². The lowest BCUT2D eigenvalue weighted by Gasteiger charge is -2.40. The van der Waals surface area contributed by atoms with E-state index in [4.69, 9.17) is 4.79 Å². The van der Waals surface area contributed by atoms with Gasteiger partial charge in [0.05, 0.1) is 18.2 Å². The van der Waals surface area contributed by atoms with Gasteiger partial charge in [0.1, 0.15) is 5.82 Å². The molecule has 1 fully saturated rings. The third-order valence-electron chi connectivity index (χ3n) is 4.74. The predicted octanol–water partition coefficient (Wildman–Crippen LogP) is 3.16. The number of imide groups is 1. The van der Waals surface area contributed by atoms with Gasteiger partial charge in [-0.3, -0.25) is 19.3 Å². The highest BCUT2D eigenvalue weighted by Gasteiger charge is 2.45. The first kappa shape index (κ1) is 17.8. The number of hydrogen-bond donors (Lipinski definition) is 0. The number of benzene rings is 2. The molecular formula is C20H18FNO4. The van der Waals surface area contributed by atoms with Crippen LogP contribution in [-0.4, -0.2) is 36.3 Å². The molecule has 0 spiro atoms. The molecule has 0 N–H and O–H groups in total. The maximum Gasteiger partial charge on any atom is 0.292 e. The second kappa shape index (κ2) is 7.47. The summed E-state index contributed by atoms with van der Waals surface area (Å²) in [6.45, 7) is 0.375. The number of ether oxygens (including phenoxy) is 1. The van der Waals surface area contributed by atoms with E-state index in [1.54, 1.807) is 36.4 Å². The highest BCUT2D eigenvalue weighted by molar-refractivity contribution is 6.21. The van der Waals surface area contributed by atoms with E-state index >= 15 is 0 Å². The van der Waals surface area contributed by atoms with Gasteiger partial charge in [-0.15, -0.1) is 0 Å². The van der Waals surface area contributed by atoms with Crippen LogP contribution in [0.3, 0.4) is 0 Å². The summed E-state index contributed by atoms with van der Waals surface area (Å²) >= 11 is 0. The Morgan fingerprint density at radius 1 is 1.00 bits per heavy atom. The van der Waals surface area contributed by atoms with Crippen LogP contribution in [0.4, 0.5) is 4.39 Å². The maximum atomic E-state index is 13.0. The number of carbonyl (C=O) groups excluding carboxylic acids is 3. The molecule has 4 rings (SSSR count). The highest BCUT2D eigenvalue weighted by atomic mass is 19.1. The molecule has 0 bridgehead atoms. The van der Waals surface area contributed by atoms with Crippen molar-refractivity contribution in [3.63, 3.8) is 0 Å². The fraction of sp³-hybridized carbons (Fsp3) is 0.250. The lowest BCUT2D eigenvalue weighted by Crippen LogP contribution is -2.46. The van der Waals surface area contributed by atoms with Crippen molar-refractivity contribution in [2.45, 2.75) is 24.8 Å². The molecule has 1 aliphatic carbocycles. The van der Waals surface area contributed by atoms with Crippen LogP contribution in [0, 0.1) is 5.82 Å². The van der Waals surface area contributed by atoms with Crippen LogP contribution >= 0.6 is 0 Å². The zero-order chi connectivity index (χ0) is 18.7. The Labute approximate surface area is 150 Å². The molecule has 2 aromatic carbocycles. The van der Waals surface area contributed by atoms with E-state index in [9.17, 15) is 14.0 Å². The molecular weight excluding hydrogens is 337 g/mol. The van der Waals surface area contributed by atoms with E-state index in [1.807, 2.05) is 0 Å². The van der Waals surface area contributed by atoms with Gasteiger partial charge < -0.3 is 4.74 Å². The van der Waals surface area contributed by atoms with Gasteiger partial charge in [-0.05, 0) is 48.6 Å². The van der Waals surface area contributed by atoms with Crippen molar-refractivity contribution in [2.24, 2.45) is 0 Å². The van der Waals surface area contributed by atoms with Gasteiger partial charge >= 0.3 is 0 Å². The summed E-state index contributed by atoms with van der Waals surface area (Å²) in [7, 11) is 1.31. The van der Waals surface area contributed by atoms with Gasteiger partial charge in [0.2, 0.25) is 0 Å². The summed E-state index contributed by atoms with van der Waals surface area (Å²) in [5.41, 5.74) is 2.06. The van der Waals surface area contributed by atoms with Crippen LogP contribution in [0.1, 0.15) is 45.0 Å². The topological polar surface area (TPSA) is 63.7 Å². The third-order valence-corrected chi connectivity index (χ3v) is 4.74. The van der Waals surface area contributed by atoms with E-state index in [0.29, 0.717) is 17.6 Å². The summed E-state index contributed by atoms with van der Waals surface area (Å²) in [4.78, 5) is 35.1. The zero-order valence-corrected chi connectivity index (χ0v) is 14.2. The lowest BCUT2D eigenvalue weighted by molar-refractivity contribution is -0.126. The monoisotopic (exact) mass is 355 g/mol. The first-order valence-corrected chi connectivity index (χ1v) is 8.25. The van der Waals surface area contributed by atoms with Gasteiger partial charge in [0.25, 0.3) is 18.3 Å². The highest BCUT2D eigenvalue weighted by Crippen LogP contribution is 2.42. The van der Waals surface area contributed by atoms with Crippen LogP contribution < -0.4 is 0 Å². The zero-order valence-electron chi connectivity index (χ0n) is 14.2. The molecule has 1 aliphatic heterocycles. The number of carbonyl (C=O) groups is 3. The number of amides is 2. The molecule has 2 aromatic rings. The fourth-order valence-corrected chi connectivity index (χ4v) is 3.35. The summed E-state index contributed by atoms with van der Waals surface area (Å²) < 4.78 is 16.8. The molecule has 5 nitrogen and oxygen atoms in total. The van der Waals surface area contributed by atoms with Crippen LogP contribution in [0.2, 0.25) is 0 Å². The SMILES string of the molecule is COC=O.O=C1c2ccccc2C(=O)N1[C@H]1C[C@H](c2ccc(F)cc2)C1. The molecule has 2 amide bonds. The molecule has 0 unspecified atom stereocenters. The Morgan fingerprint density at radius 3 is 1.96 bits per heavy atom. The molecule has 0 radical (unpaired) electrons. The van der Waals surface area contributed by atoms with Crippen molar-refractivity contribution < 1.29 is 23.5 Å². The van der Waals surface area contributed by atoms with Gasteiger partial charge in [0.15, 0.2) is 0 Å². The molecule has 0 saturated heterocycles. The van der Waals surface area contributed by atoms with Crippen molar-refractivity contribution in [3.05, 3.63) is 71.0 Å². The van der Waals surface area contributed by atoms with Gasteiger partial charge in [-0.1, -0.05) is 24.3 Å². The Bertz CT molecular complexity index is 793. The lowest BCUT2D eigenvalue weighted by atomic mass is 9.75. The van der Waals surface area contributed by atoms with Gasteiger partial charge in [-0.25, -0.2) is 4.39 Å². The second-order valence-electron chi connectivity index (χ2n) is 6.23. The Morgan fingerprint density at radius 2 is 1.50 bits per heavy atom.